The highest BCUT2D eigenvalue weighted by Crippen LogP contribution is 1.51. The first-order valence-corrected chi connectivity index (χ1v) is 2.39. The van der Waals surface area contributed by atoms with Crippen molar-refractivity contribution in [3.63, 3.8) is 0 Å². The second-order valence-corrected chi connectivity index (χ2v) is 0.951. The number of rotatable bonds is 0. The lowest BCUT2D eigenvalue weighted by Crippen LogP contribution is -2.12. The Morgan fingerprint density at radius 3 is 0.450 bits per heavy atom. The van der Waals surface area contributed by atoms with Crippen molar-refractivity contribution in [2.24, 2.45) is 0 Å². The third-order valence-electron chi connectivity index (χ3n) is 0. The first kappa shape index (κ1) is 52.9. The molecule has 0 fully saturated rings. The van der Waals surface area contributed by atoms with Crippen LogP contribution < -0.4 is 20.4 Å². The highest BCUT2D eigenvalue weighted by molar-refractivity contribution is 5.52. The maximum absolute atomic E-state index is 9.81. The zero-order chi connectivity index (χ0) is 14.3. The largest absolute Gasteiger partial charge is 0.520 e. The van der Waals surface area contributed by atoms with Crippen LogP contribution in [0.5, 0.6) is 0 Å². The molecule has 0 aromatic rings. The van der Waals surface area contributed by atoms with Crippen molar-refractivity contribution in [3.05, 3.63) is 0 Å². The van der Waals surface area contributed by atoms with Crippen LogP contribution in [0.3, 0.4) is 0 Å². The van der Waals surface area contributed by atoms with Gasteiger partial charge in [0.05, 0.1) is 0 Å². The Kier molecular flexibility index (Phi) is 116. The van der Waals surface area contributed by atoms with Crippen LogP contribution in [0.2, 0.25) is 0 Å². The van der Waals surface area contributed by atoms with Gasteiger partial charge >= 0.3 is 0 Å². The van der Waals surface area contributed by atoms with Crippen LogP contribution in [0.1, 0.15) is 0 Å². The summed E-state index contributed by atoms with van der Waals surface area (Å²) < 4.78 is 39.2. The monoisotopic (exact) mass is 328 g/mol. The van der Waals surface area contributed by atoms with Gasteiger partial charge in [-0.2, -0.15) is 17.6 Å². The second-order valence-electron chi connectivity index (χ2n) is 0.951. The van der Waals surface area contributed by atoms with Gasteiger partial charge < -0.3 is 61.5 Å². The van der Waals surface area contributed by atoms with Crippen LogP contribution in [0.15, 0.2) is 0 Å². The fourth-order valence-corrected chi connectivity index (χ4v) is 0. The second kappa shape index (κ2) is 44.0. The molecule has 0 heterocycles. The molecule has 0 radical (unpaired) electrons. The lowest BCUT2D eigenvalue weighted by molar-refractivity contribution is -0.265. The average molecular weight is 328 g/mol. The molecular formula is C4H12F4O12. The lowest BCUT2D eigenvalue weighted by Gasteiger charge is -1.70. The Hall–Kier alpha value is -2.56. The summed E-state index contributed by atoms with van der Waals surface area (Å²) in [5, 5.41) is 32.9. The summed E-state index contributed by atoms with van der Waals surface area (Å²) >= 11 is 0. The molecule has 0 amide bonds. The molecule has 128 valence electrons. The highest BCUT2D eigenvalue weighted by Gasteiger charge is 1.55. The summed E-state index contributed by atoms with van der Waals surface area (Å²) in [6.07, 6.45) is -10.3. The predicted molar refractivity (Wildman–Crippen MR) is 45.5 cm³/mol. The average Bonchev–Trinajstić information content (AvgIpc) is 1.76. The fourth-order valence-electron chi connectivity index (χ4n) is 0. The van der Waals surface area contributed by atoms with Gasteiger partial charge in [0.15, 0.2) is 0 Å². The molecule has 0 aromatic carbocycles. The van der Waals surface area contributed by atoms with Crippen molar-refractivity contribution in [2.75, 3.05) is 0 Å². The quantitative estimate of drug-likeness (QED) is 0.233. The number of halogens is 4. The van der Waals surface area contributed by atoms with Gasteiger partial charge in [0.25, 0.3) is 0 Å². The smallest absolute Gasteiger partial charge is 0.228 e. The molecule has 0 saturated heterocycles. The molecule has 12 N–H and O–H groups in total. The van der Waals surface area contributed by atoms with Gasteiger partial charge in [-0.15, -0.1) is 0 Å². The number of carboxylic acid groups (broad SMARTS) is 4. The predicted octanol–water partition coefficient (Wildman–Crippen LogP) is -6.49. The summed E-state index contributed by atoms with van der Waals surface area (Å²) in [5.41, 5.74) is 0. The Morgan fingerprint density at radius 1 is 0.450 bits per heavy atom. The Bertz CT molecular complexity index is 167. The van der Waals surface area contributed by atoms with Gasteiger partial charge in [0, 0.05) is 0 Å². The minimum Gasteiger partial charge on any atom is -0.520 e. The minimum atomic E-state index is -2.58. The van der Waals surface area contributed by atoms with Crippen molar-refractivity contribution in [1.82, 2.24) is 0 Å². The van der Waals surface area contributed by atoms with Crippen molar-refractivity contribution in [1.29, 1.82) is 0 Å². The van der Waals surface area contributed by atoms with E-state index in [4.69, 9.17) is 39.6 Å². The molecule has 0 unspecified atom stereocenters. The molecule has 0 spiro atoms. The lowest BCUT2D eigenvalue weighted by atomic mass is 11.5. The van der Waals surface area contributed by atoms with Gasteiger partial charge in [0.2, 0.25) is 24.9 Å². The molecule has 0 aliphatic heterocycles. The van der Waals surface area contributed by atoms with E-state index in [1.165, 1.54) is 0 Å². The standard InChI is InChI=1S/4CHFO2.4H2O/c4*2-1(3)4;;;;/h4*(H,3,4);4*1H2. The Balaban J connectivity index is -0.0000000150. The van der Waals surface area contributed by atoms with Crippen molar-refractivity contribution in [2.45, 2.75) is 0 Å². The van der Waals surface area contributed by atoms with Crippen LogP contribution in [-0.2, 0) is 21.9 Å². The van der Waals surface area contributed by atoms with Gasteiger partial charge in [-0.1, -0.05) is 0 Å². The molecule has 0 aliphatic rings. The summed E-state index contributed by atoms with van der Waals surface area (Å²) in [4.78, 5) is 32.9. The Labute approximate surface area is 105 Å². The highest BCUT2D eigenvalue weighted by atomic mass is 19.2. The van der Waals surface area contributed by atoms with Gasteiger partial charge in [-0.3, -0.25) is 0 Å². The third-order valence-corrected chi connectivity index (χ3v) is 0. The zero-order valence-corrected chi connectivity index (χ0v) is 9.09. The van der Waals surface area contributed by atoms with E-state index in [0.717, 1.165) is 0 Å². The molecular weight excluding hydrogens is 316 g/mol. The molecule has 0 atom stereocenters. The molecule has 0 bridgehead atoms. The molecule has 12 nitrogen and oxygen atoms in total. The minimum absolute atomic E-state index is 0. The van der Waals surface area contributed by atoms with Crippen molar-refractivity contribution < 1.29 is 79.1 Å². The normalized spacial score (nSPS) is 5.00. The summed E-state index contributed by atoms with van der Waals surface area (Å²) in [7, 11) is 0. The van der Waals surface area contributed by atoms with Crippen LogP contribution in [-0.4, -0.2) is 24.9 Å². The van der Waals surface area contributed by atoms with Crippen LogP contribution in [0.4, 0.5) is 36.7 Å². The first-order chi connectivity index (χ1) is 6.93. The number of carbonyl (C=O) groups is 4. The molecule has 0 aromatic heterocycles. The van der Waals surface area contributed by atoms with E-state index in [-0.39, 0.29) is 21.9 Å². The van der Waals surface area contributed by atoms with Crippen LogP contribution in [0.25, 0.3) is 0 Å². The van der Waals surface area contributed by atoms with Gasteiger partial charge in [-0.05, 0) is 0 Å². The van der Waals surface area contributed by atoms with Gasteiger partial charge in [0.1, 0.15) is 0 Å². The summed E-state index contributed by atoms with van der Waals surface area (Å²) in [6.45, 7) is 0. The van der Waals surface area contributed by atoms with E-state index in [1.54, 1.807) is 0 Å². The molecule has 0 rings (SSSR count). The van der Waals surface area contributed by atoms with E-state index in [2.05, 4.69) is 0 Å². The van der Waals surface area contributed by atoms with Gasteiger partial charge in [-0.25, -0.2) is 0 Å². The molecule has 16 heteroatoms. The zero-order valence-electron chi connectivity index (χ0n) is 9.09. The first-order valence-electron chi connectivity index (χ1n) is 2.39. The SMILES string of the molecule is O=C([O-])F.O=C([O-])F.O=C([O-])F.O=C([O-])F.[OH3+].[OH3+].[OH3+].[OH3+]. The van der Waals surface area contributed by atoms with E-state index < -0.39 is 24.9 Å². The van der Waals surface area contributed by atoms with E-state index >= 15 is 0 Å². The summed E-state index contributed by atoms with van der Waals surface area (Å²) in [5.74, 6) is 0. The number of hydrogen-bond donors (Lipinski definition) is 0. The number of carbonyl (C=O) groups excluding carboxylic acids is 4. The topological polar surface area (TPSA) is 293 Å². The maximum Gasteiger partial charge on any atom is 0.228 e. The van der Waals surface area contributed by atoms with Crippen LogP contribution in [0, 0.1) is 0 Å². The van der Waals surface area contributed by atoms with E-state index in [9.17, 15) is 17.6 Å². The fraction of sp³-hybridized carbons (Fsp3) is 0. The molecule has 20 heavy (non-hydrogen) atoms. The third kappa shape index (κ3) is 491. The molecule has 0 aliphatic carbocycles. The number of hydrogen-bond acceptors (Lipinski definition) is 8. The van der Waals surface area contributed by atoms with Crippen LogP contribution >= 0.6 is 0 Å². The summed E-state index contributed by atoms with van der Waals surface area (Å²) in [6, 6.07) is 0. The van der Waals surface area contributed by atoms with Crippen molar-refractivity contribution in [3.8, 4) is 0 Å². The van der Waals surface area contributed by atoms with E-state index in [0.29, 0.717) is 0 Å². The van der Waals surface area contributed by atoms with E-state index in [1.807, 2.05) is 0 Å². The Morgan fingerprint density at radius 2 is 0.450 bits per heavy atom. The maximum atomic E-state index is 9.81. The molecule has 0 saturated carbocycles. The van der Waals surface area contributed by atoms with Crippen molar-refractivity contribution >= 4 is 24.9 Å².